The smallest absolute Gasteiger partial charge is 0.253 e. The van der Waals surface area contributed by atoms with Crippen LogP contribution < -0.4 is 15.5 Å². The SMILES string of the molecule is COc1ccc(CCN2C(=O)C[C@@]2(C(=N)/C=N\NCCc2ccc(F)cc2)C(=O)NC(C)(C)C)cc1. The number of benzene rings is 2. The van der Waals surface area contributed by atoms with Crippen molar-refractivity contribution < 1.29 is 18.7 Å². The summed E-state index contributed by atoms with van der Waals surface area (Å²) in [5.74, 6) is -0.131. The summed E-state index contributed by atoms with van der Waals surface area (Å²) in [6, 6.07) is 13.7. The third-order valence-electron chi connectivity index (χ3n) is 5.99. The average Bonchev–Trinajstić information content (AvgIpc) is 2.82. The van der Waals surface area contributed by atoms with E-state index in [2.05, 4.69) is 15.8 Å². The predicted octanol–water partition coefficient (Wildman–Crippen LogP) is 3.10. The van der Waals surface area contributed by atoms with Gasteiger partial charge in [-0.15, -0.1) is 0 Å². The van der Waals surface area contributed by atoms with E-state index in [-0.39, 0.29) is 30.4 Å². The van der Waals surface area contributed by atoms with Gasteiger partial charge in [0.15, 0.2) is 5.54 Å². The standard InChI is InChI=1S/C27H34FN5O3/c1-26(2,3)32-25(35)27(23(29)18-31-30-15-13-19-5-9-21(28)10-6-19)17-24(34)33(27)16-14-20-7-11-22(36-4)12-8-20/h5-12,18,29-30H,13-17H2,1-4H3,(H,32,35)/b29-23?,31-18-/t27-/m1/s1. The Bertz CT molecular complexity index is 1110. The van der Waals surface area contributed by atoms with Crippen LogP contribution in [0.4, 0.5) is 4.39 Å². The molecule has 2 aromatic carbocycles. The second-order valence-corrected chi connectivity index (χ2v) is 9.84. The topological polar surface area (TPSA) is 107 Å². The summed E-state index contributed by atoms with van der Waals surface area (Å²) in [4.78, 5) is 27.5. The molecule has 2 aromatic rings. The van der Waals surface area contributed by atoms with E-state index in [0.29, 0.717) is 19.4 Å². The number of halogens is 1. The van der Waals surface area contributed by atoms with E-state index in [1.165, 1.54) is 23.2 Å². The third kappa shape index (κ3) is 6.47. The molecule has 36 heavy (non-hydrogen) atoms. The summed E-state index contributed by atoms with van der Waals surface area (Å²) in [5.41, 5.74) is 2.79. The van der Waals surface area contributed by atoms with Gasteiger partial charge in [-0.05, 0) is 69.0 Å². The molecule has 1 atom stereocenters. The molecule has 0 aliphatic carbocycles. The largest absolute Gasteiger partial charge is 0.497 e. The lowest BCUT2D eigenvalue weighted by atomic mass is 9.77. The number of hydrogen-bond acceptors (Lipinski definition) is 6. The molecule has 0 aromatic heterocycles. The summed E-state index contributed by atoms with van der Waals surface area (Å²) in [6.07, 6.45) is 2.35. The van der Waals surface area contributed by atoms with Gasteiger partial charge in [0.1, 0.15) is 11.6 Å². The zero-order valence-corrected chi connectivity index (χ0v) is 21.2. The van der Waals surface area contributed by atoms with Crippen molar-refractivity contribution in [3.63, 3.8) is 0 Å². The second-order valence-electron chi connectivity index (χ2n) is 9.84. The number of nitrogens with one attached hydrogen (secondary N) is 3. The summed E-state index contributed by atoms with van der Waals surface area (Å²) >= 11 is 0. The number of carbonyl (C=O) groups is 2. The van der Waals surface area contributed by atoms with Gasteiger partial charge in [0.2, 0.25) is 5.91 Å². The lowest BCUT2D eigenvalue weighted by Crippen LogP contribution is -2.75. The predicted molar refractivity (Wildman–Crippen MR) is 138 cm³/mol. The maximum atomic E-state index is 13.4. The van der Waals surface area contributed by atoms with Gasteiger partial charge in [-0.3, -0.25) is 9.59 Å². The summed E-state index contributed by atoms with van der Waals surface area (Å²) in [5, 5.41) is 15.8. The van der Waals surface area contributed by atoms with Crippen LogP contribution in [0.25, 0.3) is 0 Å². The quantitative estimate of drug-likeness (QED) is 0.193. The molecule has 8 nitrogen and oxygen atoms in total. The van der Waals surface area contributed by atoms with E-state index in [0.717, 1.165) is 16.9 Å². The number of methoxy groups -OCH3 is 1. The minimum Gasteiger partial charge on any atom is -0.497 e. The van der Waals surface area contributed by atoms with E-state index in [9.17, 15) is 14.0 Å². The monoisotopic (exact) mass is 495 g/mol. The van der Waals surface area contributed by atoms with Crippen LogP contribution in [0.1, 0.15) is 38.3 Å². The first-order valence-electron chi connectivity index (χ1n) is 11.9. The molecular formula is C27H34FN5O3. The van der Waals surface area contributed by atoms with Crippen molar-refractivity contribution in [3.05, 3.63) is 65.5 Å². The van der Waals surface area contributed by atoms with Gasteiger partial charge in [0, 0.05) is 18.6 Å². The Hall–Kier alpha value is -3.75. The van der Waals surface area contributed by atoms with Crippen molar-refractivity contribution in [2.24, 2.45) is 5.10 Å². The molecule has 0 bridgehead atoms. The Labute approximate surface area is 211 Å². The van der Waals surface area contributed by atoms with Crippen LogP contribution in [0.3, 0.4) is 0 Å². The minimum atomic E-state index is -1.42. The van der Waals surface area contributed by atoms with Crippen LogP contribution in [-0.2, 0) is 22.4 Å². The molecule has 1 fully saturated rings. The summed E-state index contributed by atoms with van der Waals surface area (Å²) in [7, 11) is 1.60. The molecule has 192 valence electrons. The third-order valence-corrected chi connectivity index (χ3v) is 5.99. The fourth-order valence-corrected chi connectivity index (χ4v) is 4.02. The first-order chi connectivity index (χ1) is 17.0. The highest BCUT2D eigenvalue weighted by atomic mass is 19.1. The van der Waals surface area contributed by atoms with Gasteiger partial charge in [0.05, 0.1) is 25.5 Å². The first-order valence-corrected chi connectivity index (χ1v) is 11.9. The van der Waals surface area contributed by atoms with E-state index < -0.39 is 17.0 Å². The number of likely N-dealkylation sites (tertiary alicyclic amines) is 1. The highest BCUT2D eigenvalue weighted by Gasteiger charge is 2.59. The van der Waals surface area contributed by atoms with Crippen LogP contribution in [0.15, 0.2) is 53.6 Å². The highest BCUT2D eigenvalue weighted by molar-refractivity contribution is 6.42. The Morgan fingerprint density at radius 3 is 2.33 bits per heavy atom. The Morgan fingerprint density at radius 2 is 1.75 bits per heavy atom. The average molecular weight is 496 g/mol. The lowest BCUT2D eigenvalue weighted by molar-refractivity contribution is -0.159. The van der Waals surface area contributed by atoms with Crippen molar-refractivity contribution in [2.45, 2.75) is 51.1 Å². The Morgan fingerprint density at radius 1 is 1.14 bits per heavy atom. The van der Waals surface area contributed by atoms with Gasteiger partial charge >= 0.3 is 0 Å². The van der Waals surface area contributed by atoms with Gasteiger partial charge < -0.3 is 25.8 Å². The second kappa shape index (κ2) is 11.3. The van der Waals surface area contributed by atoms with Gasteiger partial charge in [-0.25, -0.2) is 4.39 Å². The van der Waals surface area contributed by atoms with Gasteiger partial charge in [-0.2, -0.15) is 5.10 Å². The number of carbonyl (C=O) groups excluding carboxylic acids is 2. The number of hydrogen-bond donors (Lipinski definition) is 3. The van der Waals surface area contributed by atoms with Crippen molar-refractivity contribution in [1.82, 2.24) is 15.6 Å². The fourth-order valence-electron chi connectivity index (χ4n) is 4.02. The molecule has 1 aliphatic heterocycles. The lowest BCUT2D eigenvalue weighted by Gasteiger charge is -2.50. The number of nitrogens with zero attached hydrogens (tertiary/aromatic N) is 2. The minimum absolute atomic E-state index is 0.0622. The van der Waals surface area contributed by atoms with Crippen LogP contribution >= 0.6 is 0 Å². The zero-order valence-electron chi connectivity index (χ0n) is 21.2. The molecule has 0 saturated carbocycles. The number of ether oxygens (including phenoxy) is 1. The summed E-state index contributed by atoms with van der Waals surface area (Å²) in [6.45, 7) is 6.33. The van der Waals surface area contributed by atoms with Crippen molar-refractivity contribution in [3.8, 4) is 5.75 Å². The number of β-lactam (4-membered cyclic amide) rings is 1. The molecule has 1 aliphatic rings. The van der Waals surface area contributed by atoms with E-state index in [1.807, 2.05) is 45.0 Å². The van der Waals surface area contributed by atoms with Crippen LogP contribution in [-0.4, -0.2) is 59.9 Å². The van der Waals surface area contributed by atoms with Crippen molar-refractivity contribution in [2.75, 3.05) is 20.2 Å². The molecule has 3 rings (SSSR count). The molecule has 1 saturated heterocycles. The molecule has 9 heteroatoms. The number of amides is 2. The van der Waals surface area contributed by atoms with Crippen molar-refractivity contribution >= 4 is 23.7 Å². The normalized spacial score (nSPS) is 17.6. The molecule has 0 spiro atoms. The molecule has 1 heterocycles. The zero-order chi connectivity index (χ0) is 26.3. The Kier molecular flexibility index (Phi) is 8.45. The molecule has 3 N–H and O–H groups in total. The van der Waals surface area contributed by atoms with E-state index >= 15 is 0 Å². The summed E-state index contributed by atoms with van der Waals surface area (Å²) < 4.78 is 18.2. The van der Waals surface area contributed by atoms with Crippen LogP contribution in [0, 0.1) is 11.2 Å². The van der Waals surface area contributed by atoms with Crippen molar-refractivity contribution in [1.29, 1.82) is 5.41 Å². The number of hydrazone groups is 1. The van der Waals surface area contributed by atoms with Gasteiger partial charge in [0.25, 0.3) is 5.91 Å². The molecular weight excluding hydrogens is 461 g/mol. The highest BCUT2D eigenvalue weighted by Crippen LogP contribution is 2.34. The molecule has 2 amide bonds. The first kappa shape index (κ1) is 26.8. The maximum absolute atomic E-state index is 13.4. The number of rotatable bonds is 11. The van der Waals surface area contributed by atoms with Crippen LogP contribution in [0.2, 0.25) is 0 Å². The van der Waals surface area contributed by atoms with E-state index in [1.54, 1.807) is 19.2 Å². The maximum Gasteiger partial charge on any atom is 0.253 e. The van der Waals surface area contributed by atoms with Gasteiger partial charge in [-0.1, -0.05) is 24.3 Å². The van der Waals surface area contributed by atoms with Crippen LogP contribution in [0.5, 0.6) is 5.75 Å². The Balaban J connectivity index is 1.69. The molecule has 0 unspecified atom stereocenters. The van der Waals surface area contributed by atoms with E-state index in [4.69, 9.17) is 10.1 Å². The molecule has 0 radical (unpaired) electrons. The fraction of sp³-hybridized carbons (Fsp3) is 0.407.